The summed E-state index contributed by atoms with van der Waals surface area (Å²) in [5.41, 5.74) is 0. The van der Waals surface area contributed by atoms with Gasteiger partial charge in [-0.1, -0.05) is 19.8 Å². The molecular weight excluding hydrogens is 196 g/mol. The van der Waals surface area contributed by atoms with Gasteiger partial charge in [0.2, 0.25) is 0 Å². The second-order valence-electron chi connectivity index (χ2n) is 3.59. The second kappa shape index (κ2) is 8.08. The molecule has 15 heavy (non-hydrogen) atoms. The molecule has 0 aromatic carbocycles. The van der Waals surface area contributed by atoms with Crippen LogP contribution in [-0.2, 0) is 4.79 Å². The Kier molecular flexibility index (Phi) is 7.40. The fraction of sp³-hybridized carbons (Fsp3) is 0.800. The van der Waals surface area contributed by atoms with Gasteiger partial charge in [-0.25, -0.2) is 4.79 Å². The van der Waals surface area contributed by atoms with Gasteiger partial charge in [0.05, 0.1) is 6.42 Å². The molecule has 5 nitrogen and oxygen atoms in total. The van der Waals surface area contributed by atoms with Crippen molar-refractivity contribution in [2.24, 2.45) is 0 Å². The molecule has 0 aromatic rings. The molecule has 0 rings (SSSR count). The Balaban J connectivity index is 3.50. The van der Waals surface area contributed by atoms with Gasteiger partial charge < -0.3 is 15.7 Å². The van der Waals surface area contributed by atoms with Crippen molar-refractivity contribution in [1.82, 2.24) is 10.6 Å². The fourth-order valence-electron chi connectivity index (χ4n) is 1.14. The van der Waals surface area contributed by atoms with Crippen LogP contribution in [-0.4, -0.2) is 29.7 Å². The normalized spacial score (nSPS) is 11.9. The topological polar surface area (TPSA) is 78.4 Å². The van der Waals surface area contributed by atoms with Gasteiger partial charge in [0, 0.05) is 12.6 Å². The van der Waals surface area contributed by atoms with Gasteiger partial charge in [0.25, 0.3) is 0 Å². The van der Waals surface area contributed by atoms with E-state index in [1.54, 1.807) is 0 Å². The Hall–Kier alpha value is -1.26. The third-order valence-corrected chi connectivity index (χ3v) is 1.99. The van der Waals surface area contributed by atoms with Crippen molar-refractivity contribution >= 4 is 12.0 Å². The quantitative estimate of drug-likeness (QED) is 0.601. The summed E-state index contributed by atoms with van der Waals surface area (Å²) in [5, 5.41) is 13.6. The van der Waals surface area contributed by atoms with Gasteiger partial charge in [0.1, 0.15) is 0 Å². The lowest BCUT2D eigenvalue weighted by molar-refractivity contribution is -0.136. The number of carboxylic acids is 1. The molecule has 1 atom stereocenters. The maximum absolute atomic E-state index is 11.2. The Morgan fingerprint density at radius 3 is 2.60 bits per heavy atom. The van der Waals surface area contributed by atoms with Crippen LogP contribution in [0.4, 0.5) is 4.79 Å². The van der Waals surface area contributed by atoms with Crippen LogP contribution in [0.3, 0.4) is 0 Å². The Morgan fingerprint density at radius 1 is 1.40 bits per heavy atom. The second-order valence-corrected chi connectivity index (χ2v) is 3.59. The number of aliphatic carboxylic acids is 1. The van der Waals surface area contributed by atoms with Gasteiger partial charge >= 0.3 is 12.0 Å². The number of carboxylic acid groups (broad SMARTS) is 1. The Morgan fingerprint density at radius 2 is 2.07 bits per heavy atom. The van der Waals surface area contributed by atoms with Crippen LogP contribution in [0.2, 0.25) is 0 Å². The van der Waals surface area contributed by atoms with E-state index in [0.29, 0.717) is 0 Å². The lowest BCUT2D eigenvalue weighted by atomic mass is 10.1. The SMILES string of the molecule is CCCCC(C)NC(=O)NCCC(=O)O. The molecule has 0 saturated carbocycles. The zero-order valence-corrected chi connectivity index (χ0v) is 9.38. The van der Waals surface area contributed by atoms with Crippen LogP contribution < -0.4 is 10.6 Å². The predicted molar refractivity (Wildman–Crippen MR) is 57.8 cm³/mol. The van der Waals surface area contributed by atoms with E-state index in [-0.39, 0.29) is 25.0 Å². The molecular formula is C10H20N2O3. The van der Waals surface area contributed by atoms with Crippen molar-refractivity contribution in [3.8, 4) is 0 Å². The monoisotopic (exact) mass is 216 g/mol. The summed E-state index contributed by atoms with van der Waals surface area (Å²) in [7, 11) is 0. The lowest BCUT2D eigenvalue weighted by Gasteiger charge is -2.13. The minimum Gasteiger partial charge on any atom is -0.481 e. The number of urea groups is 1. The molecule has 5 heteroatoms. The number of unbranched alkanes of at least 4 members (excludes halogenated alkanes) is 1. The molecule has 0 fully saturated rings. The van der Waals surface area contributed by atoms with E-state index in [1.807, 2.05) is 6.92 Å². The van der Waals surface area contributed by atoms with E-state index in [4.69, 9.17) is 5.11 Å². The van der Waals surface area contributed by atoms with Crippen LogP contribution in [0.25, 0.3) is 0 Å². The third-order valence-electron chi connectivity index (χ3n) is 1.99. The zero-order chi connectivity index (χ0) is 11.7. The number of carbonyl (C=O) groups excluding carboxylic acids is 1. The first-order valence-corrected chi connectivity index (χ1v) is 5.32. The summed E-state index contributed by atoms with van der Waals surface area (Å²) >= 11 is 0. The first-order chi connectivity index (χ1) is 7.06. The van der Waals surface area contributed by atoms with E-state index >= 15 is 0 Å². The standard InChI is InChI=1S/C10H20N2O3/c1-3-4-5-8(2)12-10(15)11-7-6-9(13)14/h8H,3-7H2,1-2H3,(H,13,14)(H2,11,12,15). The van der Waals surface area contributed by atoms with Gasteiger partial charge in [-0.2, -0.15) is 0 Å². The summed E-state index contributed by atoms with van der Waals surface area (Å²) in [4.78, 5) is 21.4. The zero-order valence-electron chi connectivity index (χ0n) is 9.38. The van der Waals surface area contributed by atoms with E-state index in [2.05, 4.69) is 17.6 Å². The van der Waals surface area contributed by atoms with Crippen LogP contribution in [0.15, 0.2) is 0 Å². The first-order valence-electron chi connectivity index (χ1n) is 5.32. The van der Waals surface area contributed by atoms with E-state index < -0.39 is 5.97 Å². The molecule has 0 radical (unpaired) electrons. The fourth-order valence-corrected chi connectivity index (χ4v) is 1.14. The number of hydrogen-bond donors (Lipinski definition) is 3. The summed E-state index contributed by atoms with van der Waals surface area (Å²) in [5.74, 6) is -0.908. The maximum atomic E-state index is 11.2. The highest BCUT2D eigenvalue weighted by molar-refractivity contribution is 5.75. The number of rotatable bonds is 7. The predicted octanol–water partition coefficient (Wildman–Crippen LogP) is 1.34. The van der Waals surface area contributed by atoms with Gasteiger partial charge in [0.15, 0.2) is 0 Å². The minimum atomic E-state index is -0.908. The van der Waals surface area contributed by atoms with E-state index in [1.165, 1.54) is 0 Å². The molecule has 0 aromatic heterocycles. The molecule has 1 unspecified atom stereocenters. The number of amides is 2. The van der Waals surface area contributed by atoms with Crippen LogP contribution in [0, 0.1) is 0 Å². The van der Waals surface area contributed by atoms with Crippen LogP contribution in [0.5, 0.6) is 0 Å². The largest absolute Gasteiger partial charge is 0.481 e. The molecule has 0 aliphatic carbocycles. The molecule has 0 heterocycles. The summed E-state index contributed by atoms with van der Waals surface area (Å²) in [6, 6.07) is -0.158. The highest BCUT2D eigenvalue weighted by Crippen LogP contribution is 1.98. The highest BCUT2D eigenvalue weighted by Gasteiger charge is 2.06. The molecule has 0 bridgehead atoms. The average Bonchev–Trinajstić information content (AvgIpc) is 2.14. The molecule has 0 spiro atoms. The van der Waals surface area contributed by atoms with Gasteiger partial charge in [-0.3, -0.25) is 4.79 Å². The molecule has 88 valence electrons. The van der Waals surface area contributed by atoms with Crippen molar-refractivity contribution in [3.63, 3.8) is 0 Å². The first kappa shape index (κ1) is 13.7. The summed E-state index contributed by atoms with van der Waals surface area (Å²) in [6.07, 6.45) is 3.09. The van der Waals surface area contributed by atoms with Crippen LogP contribution >= 0.6 is 0 Å². The van der Waals surface area contributed by atoms with Crippen LogP contribution in [0.1, 0.15) is 39.5 Å². The maximum Gasteiger partial charge on any atom is 0.315 e. The van der Waals surface area contributed by atoms with Crippen molar-refractivity contribution in [3.05, 3.63) is 0 Å². The van der Waals surface area contributed by atoms with Gasteiger partial charge in [-0.05, 0) is 13.3 Å². The van der Waals surface area contributed by atoms with Gasteiger partial charge in [-0.15, -0.1) is 0 Å². The van der Waals surface area contributed by atoms with Crippen molar-refractivity contribution < 1.29 is 14.7 Å². The Labute approximate surface area is 90.2 Å². The minimum absolute atomic E-state index is 0.0449. The third kappa shape index (κ3) is 9.05. The Bertz CT molecular complexity index is 207. The molecule has 2 amide bonds. The number of hydrogen-bond acceptors (Lipinski definition) is 2. The molecule has 0 saturated heterocycles. The number of nitrogens with one attached hydrogen (secondary N) is 2. The van der Waals surface area contributed by atoms with Crippen molar-refractivity contribution in [2.45, 2.75) is 45.6 Å². The lowest BCUT2D eigenvalue weighted by Crippen LogP contribution is -2.41. The molecule has 0 aliphatic heterocycles. The number of carbonyl (C=O) groups is 2. The smallest absolute Gasteiger partial charge is 0.315 e. The molecule has 0 aliphatic rings. The summed E-state index contributed by atoms with van der Waals surface area (Å²) < 4.78 is 0. The van der Waals surface area contributed by atoms with Crippen molar-refractivity contribution in [2.75, 3.05) is 6.54 Å². The molecule has 3 N–H and O–H groups in total. The van der Waals surface area contributed by atoms with E-state index in [9.17, 15) is 9.59 Å². The summed E-state index contributed by atoms with van der Waals surface area (Å²) in [6.45, 7) is 4.20. The van der Waals surface area contributed by atoms with E-state index in [0.717, 1.165) is 19.3 Å². The highest BCUT2D eigenvalue weighted by atomic mass is 16.4. The van der Waals surface area contributed by atoms with Crippen molar-refractivity contribution in [1.29, 1.82) is 0 Å². The average molecular weight is 216 g/mol.